The number of halogens is 4. The van der Waals surface area contributed by atoms with Crippen molar-refractivity contribution in [1.82, 2.24) is 0 Å². The van der Waals surface area contributed by atoms with Crippen LogP contribution in [0.15, 0.2) is 16.6 Å². The molecule has 1 aromatic carbocycles. The Morgan fingerprint density at radius 1 is 1.35 bits per heavy atom. The number of anilines is 1. The van der Waals surface area contributed by atoms with E-state index in [1.54, 1.807) is 6.92 Å². The third-order valence-corrected chi connectivity index (χ3v) is 4.22. The van der Waals surface area contributed by atoms with Gasteiger partial charge in [-0.05, 0) is 53.4 Å². The molecule has 110 valence electrons. The first-order valence-corrected chi connectivity index (χ1v) is 7.22. The number of hydrogen-bond donors (Lipinski definition) is 1. The van der Waals surface area contributed by atoms with Crippen molar-refractivity contribution in [2.45, 2.75) is 38.5 Å². The second kappa shape index (κ2) is 5.76. The first kappa shape index (κ1) is 15.4. The average molecular weight is 350 g/mol. The molecule has 0 bridgehead atoms. The zero-order chi connectivity index (χ0) is 14.9. The number of amides is 1. The van der Waals surface area contributed by atoms with Crippen molar-refractivity contribution in [2.24, 2.45) is 5.92 Å². The second-order valence-electron chi connectivity index (χ2n) is 5.20. The van der Waals surface area contributed by atoms with Crippen molar-refractivity contribution < 1.29 is 18.0 Å². The maximum atomic E-state index is 13.3. The molecule has 1 aliphatic rings. The number of carbonyl (C=O) groups excluding carboxylic acids is 1. The molecule has 0 aliphatic heterocycles. The highest BCUT2D eigenvalue weighted by Crippen LogP contribution is 2.36. The molecule has 1 aliphatic carbocycles. The van der Waals surface area contributed by atoms with Crippen molar-refractivity contribution in [3.8, 4) is 0 Å². The summed E-state index contributed by atoms with van der Waals surface area (Å²) in [6.07, 6.45) is -0.144. The van der Waals surface area contributed by atoms with E-state index in [-0.39, 0.29) is 36.1 Å². The Morgan fingerprint density at radius 2 is 1.95 bits per heavy atom. The number of rotatable bonds is 2. The average Bonchev–Trinajstić information content (AvgIpc) is 2.35. The Labute approximate surface area is 123 Å². The largest absolute Gasteiger partial charge is 0.326 e. The quantitative estimate of drug-likeness (QED) is 0.826. The molecule has 20 heavy (non-hydrogen) atoms. The monoisotopic (exact) mass is 349 g/mol. The molecule has 0 saturated heterocycles. The van der Waals surface area contributed by atoms with Gasteiger partial charge in [-0.1, -0.05) is 0 Å². The third kappa shape index (κ3) is 3.53. The summed E-state index contributed by atoms with van der Waals surface area (Å²) in [5.41, 5.74) is 1.10. The van der Waals surface area contributed by atoms with Crippen LogP contribution in [0.4, 0.5) is 18.9 Å². The number of alkyl halides is 2. The van der Waals surface area contributed by atoms with Gasteiger partial charge in [-0.3, -0.25) is 4.79 Å². The molecular formula is C14H15BrF3NO. The van der Waals surface area contributed by atoms with Crippen molar-refractivity contribution in [2.75, 3.05) is 5.32 Å². The topological polar surface area (TPSA) is 29.1 Å². The summed E-state index contributed by atoms with van der Waals surface area (Å²) in [5.74, 6) is -3.73. The number of aryl methyl sites for hydroxylation is 1. The molecule has 1 aromatic rings. The van der Waals surface area contributed by atoms with Crippen LogP contribution in [-0.2, 0) is 4.79 Å². The molecule has 0 unspecified atom stereocenters. The van der Waals surface area contributed by atoms with Crippen LogP contribution < -0.4 is 5.32 Å². The van der Waals surface area contributed by atoms with E-state index >= 15 is 0 Å². The lowest BCUT2D eigenvalue weighted by Gasteiger charge is -2.27. The summed E-state index contributed by atoms with van der Waals surface area (Å²) in [6, 6.07) is 2.80. The smallest absolute Gasteiger partial charge is 0.248 e. The molecule has 6 heteroatoms. The third-order valence-electron chi connectivity index (χ3n) is 3.61. The van der Waals surface area contributed by atoms with Gasteiger partial charge in [0.15, 0.2) is 0 Å². The number of carbonyl (C=O) groups is 1. The molecule has 1 amide bonds. The maximum Gasteiger partial charge on any atom is 0.248 e. The van der Waals surface area contributed by atoms with E-state index < -0.39 is 17.7 Å². The van der Waals surface area contributed by atoms with Gasteiger partial charge in [0.1, 0.15) is 5.82 Å². The summed E-state index contributed by atoms with van der Waals surface area (Å²) >= 11 is 3.06. The summed E-state index contributed by atoms with van der Waals surface area (Å²) in [7, 11) is 0. The summed E-state index contributed by atoms with van der Waals surface area (Å²) in [5, 5.41) is 2.69. The first-order chi connectivity index (χ1) is 9.28. The van der Waals surface area contributed by atoms with Crippen LogP contribution >= 0.6 is 15.9 Å². The fourth-order valence-corrected chi connectivity index (χ4v) is 2.66. The van der Waals surface area contributed by atoms with Gasteiger partial charge in [0, 0.05) is 24.4 Å². The zero-order valence-corrected chi connectivity index (χ0v) is 12.6. The van der Waals surface area contributed by atoms with Crippen LogP contribution in [0.2, 0.25) is 0 Å². The number of benzene rings is 1. The molecule has 0 spiro atoms. The molecular weight excluding hydrogens is 335 g/mol. The molecule has 2 nitrogen and oxygen atoms in total. The van der Waals surface area contributed by atoms with E-state index in [9.17, 15) is 18.0 Å². The summed E-state index contributed by atoms with van der Waals surface area (Å²) in [6.45, 7) is 1.68. The van der Waals surface area contributed by atoms with E-state index in [1.165, 1.54) is 12.1 Å². The van der Waals surface area contributed by atoms with Gasteiger partial charge in [-0.2, -0.15) is 0 Å². The maximum absolute atomic E-state index is 13.3. The van der Waals surface area contributed by atoms with Gasteiger partial charge < -0.3 is 5.32 Å². The predicted octanol–water partition coefficient (Wildman–Crippen LogP) is 4.66. The van der Waals surface area contributed by atoms with Gasteiger partial charge in [-0.25, -0.2) is 13.2 Å². The molecule has 1 saturated carbocycles. The fourth-order valence-electron chi connectivity index (χ4n) is 2.32. The fraction of sp³-hybridized carbons (Fsp3) is 0.500. The van der Waals surface area contributed by atoms with Crippen LogP contribution in [0.1, 0.15) is 31.2 Å². The zero-order valence-electron chi connectivity index (χ0n) is 11.0. The molecule has 0 radical (unpaired) electrons. The lowest BCUT2D eigenvalue weighted by atomic mass is 9.86. The van der Waals surface area contributed by atoms with Crippen LogP contribution in [0.3, 0.4) is 0 Å². The second-order valence-corrected chi connectivity index (χ2v) is 6.06. The van der Waals surface area contributed by atoms with E-state index in [0.29, 0.717) is 11.3 Å². The standard InChI is InChI=1S/C14H15BrF3NO/c1-8-6-11(16)10(15)7-12(8)19-13(20)9-2-4-14(17,18)5-3-9/h6-7,9H,2-5H2,1H3,(H,19,20). The van der Waals surface area contributed by atoms with E-state index in [4.69, 9.17) is 0 Å². The molecule has 0 atom stereocenters. The van der Waals surface area contributed by atoms with Crippen molar-refractivity contribution >= 4 is 27.5 Å². The van der Waals surface area contributed by atoms with Gasteiger partial charge in [0.05, 0.1) is 4.47 Å². The Morgan fingerprint density at radius 3 is 2.55 bits per heavy atom. The molecule has 0 heterocycles. The van der Waals surface area contributed by atoms with E-state index in [1.807, 2.05) is 0 Å². The minimum atomic E-state index is -2.65. The normalized spacial score (nSPS) is 18.9. The molecule has 1 fully saturated rings. The Kier molecular flexibility index (Phi) is 4.42. The SMILES string of the molecule is Cc1cc(F)c(Br)cc1NC(=O)C1CCC(F)(F)CC1. The summed E-state index contributed by atoms with van der Waals surface area (Å²) < 4.78 is 39.7. The lowest BCUT2D eigenvalue weighted by molar-refractivity contribution is -0.124. The van der Waals surface area contributed by atoms with Gasteiger partial charge in [0.2, 0.25) is 11.8 Å². The van der Waals surface area contributed by atoms with Crippen molar-refractivity contribution in [3.05, 3.63) is 28.0 Å². The highest BCUT2D eigenvalue weighted by Gasteiger charge is 2.37. The molecule has 0 aromatic heterocycles. The Hall–Kier alpha value is -1.04. The summed E-state index contributed by atoms with van der Waals surface area (Å²) in [4.78, 5) is 12.1. The highest BCUT2D eigenvalue weighted by atomic mass is 79.9. The van der Waals surface area contributed by atoms with E-state index in [0.717, 1.165) is 0 Å². The Bertz CT molecular complexity index is 523. The van der Waals surface area contributed by atoms with Gasteiger partial charge in [-0.15, -0.1) is 0 Å². The molecule has 1 N–H and O–H groups in total. The van der Waals surface area contributed by atoms with Gasteiger partial charge >= 0.3 is 0 Å². The van der Waals surface area contributed by atoms with Crippen molar-refractivity contribution in [1.29, 1.82) is 0 Å². The minimum absolute atomic E-state index is 0.181. The molecule has 2 rings (SSSR count). The Balaban J connectivity index is 2.04. The number of nitrogens with one attached hydrogen (secondary N) is 1. The van der Waals surface area contributed by atoms with Crippen LogP contribution in [0.5, 0.6) is 0 Å². The van der Waals surface area contributed by atoms with Crippen LogP contribution in [0, 0.1) is 18.7 Å². The predicted molar refractivity (Wildman–Crippen MR) is 74.4 cm³/mol. The van der Waals surface area contributed by atoms with Crippen LogP contribution in [0.25, 0.3) is 0 Å². The van der Waals surface area contributed by atoms with Gasteiger partial charge in [0.25, 0.3) is 0 Å². The first-order valence-electron chi connectivity index (χ1n) is 6.43. The van der Waals surface area contributed by atoms with Crippen molar-refractivity contribution in [3.63, 3.8) is 0 Å². The van der Waals surface area contributed by atoms with E-state index in [2.05, 4.69) is 21.2 Å². The lowest BCUT2D eigenvalue weighted by Crippen LogP contribution is -2.32. The highest BCUT2D eigenvalue weighted by molar-refractivity contribution is 9.10. The number of hydrogen-bond acceptors (Lipinski definition) is 1. The minimum Gasteiger partial charge on any atom is -0.326 e. The van der Waals surface area contributed by atoms with Crippen LogP contribution in [-0.4, -0.2) is 11.8 Å².